The third kappa shape index (κ3) is 4.92. The molecule has 0 radical (unpaired) electrons. The number of para-hydroxylation sites is 1. The van der Waals surface area contributed by atoms with E-state index >= 15 is 0 Å². The number of fused-ring (bicyclic) bond motifs is 1. The van der Waals surface area contributed by atoms with Crippen molar-refractivity contribution in [1.82, 2.24) is 15.1 Å². The standard InChI is InChI=1S/C24H33N3O4/c1-17(2)26-12-8-18(9-13-26)25-22(29)16-27-14-11-24(10-7-23(27)30)15-20(28)19-5-3-4-6-21(19)31-24/h3-6,17-18H,7-16H2,1-2H3,(H,25,29)/t24-/m1/s1. The van der Waals surface area contributed by atoms with E-state index in [1.165, 1.54) is 0 Å². The number of piperidine rings is 1. The lowest BCUT2D eigenvalue weighted by Gasteiger charge is -2.37. The smallest absolute Gasteiger partial charge is 0.239 e. The predicted octanol–water partition coefficient (Wildman–Crippen LogP) is 2.39. The van der Waals surface area contributed by atoms with E-state index in [1.807, 2.05) is 18.2 Å². The normalized spacial score (nSPS) is 25.3. The Balaban J connectivity index is 1.33. The third-order valence-electron chi connectivity index (χ3n) is 6.94. The van der Waals surface area contributed by atoms with Crippen LogP contribution < -0.4 is 10.1 Å². The van der Waals surface area contributed by atoms with Gasteiger partial charge in [-0.2, -0.15) is 0 Å². The van der Waals surface area contributed by atoms with Crippen LogP contribution in [0, 0.1) is 0 Å². The van der Waals surface area contributed by atoms with Crippen molar-refractivity contribution in [2.75, 3.05) is 26.2 Å². The fourth-order valence-corrected chi connectivity index (χ4v) is 4.98. The molecule has 3 aliphatic heterocycles. The van der Waals surface area contributed by atoms with Gasteiger partial charge < -0.3 is 19.9 Å². The second-order valence-electron chi connectivity index (χ2n) is 9.42. The second kappa shape index (κ2) is 8.99. The van der Waals surface area contributed by atoms with Crippen molar-refractivity contribution in [3.8, 4) is 5.75 Å². The summed E-state index contributed by atoms with van der Waals surface area (Å²) in [6, 6.07) is 7.99. The van der Waals surface area contributed by atoms with Crippen molar-refractivity contribution in [1.29, 1.82) is 0 Å². The molecule has 2 amide bonds. The van der Waals surface area contributed by atoms with E-state index in [0.29, 0.717) is 36.7 Å². The summed E-state index contributed by atoms with van der Waals surface area (Å²) in [6.45, 7) is 6.86. The highest BCUT2D eigenvalue weighted by Gasteiger charge is 2.43. The number of hydrogen-bond acceptors (Lipinski definition) is 5. The maximum atomic E-state index is 12.7. The Morgan fingerprint density at radius 1 is 1.16 bits per heavy atom. The van der Waals surface area contributed by atoms with Crippen LogP contribution in [0.25, 0.3) is 0 Å². The molecular formula is C24H33N3O4. The van der Waals surface area contributed by atoms with Crippen LogP contribution in [-0.4, -0.2) is 71.3 Å². The average molecular weight is 428 g/mol. The number of Topliss-reactive ketones (excluding diaryl/α,β-unsaturated/α-hetero) is 1. The van der Waals surface area contributed by atoms with Crippen molar-refractivity contribution in [3.63, 3.8) is 0 Å². The molecule has 1 aromatic carbocycles. The van der Waals surface area contributed by atoms with Crippen LogP contribution in [0.2, 0.25) is 0 Å². The highest BCUT2D eigenvalue weighted by molar-refractivity contribution is 6.00. The largest absolute Gasteiger partial charge is 0.486 e. The van der Waals surface area contributed by atoms with Gasteiger partial charge in [0.1, 0.15) is 11.4 Å². The Labute approximate surface area is 184 Å². The molecule has 0 saturated carbocycles. The first-order valence-electron chi connectivity index (χ1n) is 11.5. The zero-order valence-electron chi connectivity index (χ0n) is 18.6. The summed E-state index contributed by atoms with van der Waals surface area (Å²) in [7, 11) is 0. The molecule has 0 aliphatic carbocycles. The van der Waals surface area contributed by atoms with Gasteiger partial charge in [-0.1, -0.05) is 12.1 Å². The Hall–Kier alpha value is -2.41. The molecule has 0 unspecified atom stereocenters. The lowest BCUT2D eigenvalue weighted by Crippen LogP contribution is -2.49. The number of nitrogens with zero attached hydrogens (tertiary/aromatic N) is 2. The van der Waals surface area contributed by atoms with Crippen LogP contribution in [0.1, 0.15) is 62.7 Å². The summed E-state index contributed by atoms with van der Waals surface area (Å²) in [5.74, 6) is 0.521. The predicted molar refractivity (Wildman–Crippen MR) is 117 cm³/mol. The van der Waals surface area contributed by atoms with Crippen molar-refractivity contribution in [2.24, 2.45) is 0 Å². The number of likely N-dealkylation sites (tertiary alicyclic amines) is 2. The zero-order valence-corrected chi connectivity index (χ0v) is 18.6. The first kappa shape index (κ1) is 21.8. The maximum absolute atomic E-state index is 12.7. The molecule has 31 heavy (non-hydrogen) atoms. The lowest BCUT2D eigenvalue weighted by molar-refractivity contribution is -0.136. The topological polar surface area (TPSA) is 79.0 Å². The molecular weight excluding hydrogens is 394 g/mol. The minimum Gasteiger partial charge on any atom is -0.486 e. The number of benzene rings is 1. The first-order valence-corrected chi connectivity index (χ1v) is 11.5. The molecule has 7 heteroatoms. The molecule has 3 aliphatic rings. The van der Waals surface area contributed by atoms with Crippen molar-refractivity contribution in [3.05, 3.63) is 29.8 Å². The number of ether oxygens (including phenoxy) is 1. The van der Waals surface area contributed by atoms with Gasteiger partial charge in [0.15, 0.2) is 5.78 Å². The Morgan fingerprint density at radius 2 is 1.90 bits per heavy atom. The van der Waals surface area contributed by atoms with Gasteiger partial charge in [-0.05, 0) is 45.2 Å². The number of ketones is 1. The number of hydrogen-bond donors (Lipinski definition) is 1. The summed E-state index contributed by atoms with van der Waals surface area (Å²) in [5, 5.41) is 3.11. The quantitative estimate of drug-likeness (QED) is 0.798. The SMILES string of the molecule is CC(C)N1CCC(NC(=O)CN2CC[C@]3(CCC2=O)CC(=O)c2ccccc2O3)CC1. The summed E-state index contributed by atoms with van der Waals surface area (Å²) >= 11 is 0. The minimum atomic E-state index is -0.657. The van der Waals surface area contributed by atoms with E-state index in [4.69, 9.17) is 4.74 Å². The monoisotopic (exact) mass is 427 g/mol. The van der Waals surface area contributed by atoms with Gasteiger partial charge in [0.2, 0.25) is 11.8 Å². The van der Waals surface area contributed by atoms with Gasteiger partial charge in [0.25, 0.3) is 0 Å². The molecule has 1 N–H and O–H groups in total. The van der Waals surface area contributed by atoms with Crippen LogP contribution in [0.15, 0.2) is 24.3 Å². The fourth-order valence-electron chi connectivity index (χ4n) is 4.98. The van der Waals surface area contributed by atoms with E-state index in [2.05, 4.69) is 24.1 Å². The van der Waals surface area contributed by atoms with Gasteiger partial charge >= 0.3 is 0 Å². The molecule has 0 bridgehead atoms. The van der Waals surface area contributed by atoms with E-state index in [9.17, 15) is 14.4 Å². The molecule has 1 atom stereocenters. The van der Waals surface area contributed by atoms with E-state index < -0.39 is 5.60 Å². The highest BCUT2D eigenvalue weighted by atomic mass is 16.5. The minimum absolute atomic E-state index is 0.0449. The van der Waals surface area contributed by atoms with Crippen LogP contribution in [0.3, 0.4) is 0 Å². The average Bonchev–Trinajstić information content (AvgIpc) is 2.88. The number of rotatable bonds is 4. The summed E-state index contributed by atoms with van der Waals surface area (Å²) in [5.41, 5.74) is -0.0424. The van der Waals surface area contributed by atoms with Crippen LogP contribution >= 0.6 is 0 Å². The molecule has 4 rings (SSSR count). The number of nitrogens with one attached hydrogen (secondary N) is 1. The van der Waals surface area contributed by atoms with Gasteiger partial charge in [-0.3, -0.25) is 14.4 Å². The van der Waals surface area contributed by atoms with E-state index in [-0.39, 0.29) is 43.0 Å². The van der Waals surface area contributed by atoms with Gasteiger partial charge in [-0.25, -0.2) is 0 Å². The number of amides is 2. The van der Waals surface area contributed by atoms with Crippen LogP contribution in [0.4, 0.5) is 0 Å². The molecule has 168 valence electrons. The molecule has 0 aromatic heterocycles. The maximum Gasteiger partial charge on any atom is 0.239 e. The second-order valence-corrected chi connectivity index (χ2v) is 9.42. The molecule has 1 aromatic rings. The lowest BCUT2D eigenvalue weighted by atomic mass is 9.84. The van der Waals surface area contributed by atoms with Gasteiger partial charge in [0, 0.05) is 44.6 Å². The van der Waals surface area contributed by atoms with Crippen molar-refractivity contribution < 1.29 is 19.1 Å². The number of carbonyl (C=O) groups excluding carboxylic acids is 3. The van der Waals surface area contributed by atoms with Gasteiger partial charge in [-0.15, -0.1) is 0 Å². The first-order chi connectivity index (χ1) is 14.8. The Kier molecular flexibility index (Phi) is 6.32. The van der Waals surface area contributed by atoms with Crippen LogP contribution in [-0.2, 0) is 9.59 Å². The Morgan fingerprint density at radius 3 is 2.65 bits per heavy atom. The van der Waals surface area contributed by atoms with E-state index in [1.54, 1.807) is 11.0 Å². The molecule has 2 saturated heterocycles. The summed E-state index contributed by atoms with van der Waals surface area (Å²) < 4.78 is 6.26. The molecule has 1 spiro atoms. The zero-order chi connectivity index (χ0) is 22.0. The number of carbonyl (C=O) groups is 3. The van der Waals surface area contributed by atoms with Gasteiger partial charge in [0.05, 0.1) is 18.5 Å². The van der Waals surface area contributed by atoms with Crippen molar-refractivity contribution in [2.45, 2.75) is 70.1 Å². The molecule has 7 nitrogen and oxygen atoms in total. The summed E-state index contributed by atoms with van der Waals surface area (Å²) in [6.07, 6.45) is 3.50. The molecule has 2 fully saturated rings. The summed E-state index contributed by atoms with van der Waals surface area (Å²) in [4.78, 5) is 42.0. The molecule has 3 heterocycles. The fraction of sp³-hybridized carbons (Fsp3) is 0.625. The van der Waals surface area contributed by atoms with Crippen LogP contribution in [0.5, 0.6) is 5.75 Å². The third-order valence-corrected chi connectivity index (χ3v) is 6.94. The van der Waals surface area contributed by atoms with E-state index in [0.717, 1.165) is 25.9 Å². The Bertz CT molecular complexity index is 847. The van der Waals surface area contributed by atoms with Crippen molar-refractivity contribution >= 4 is 17.6 Å². The highest BCUT2D eigenvalue weighted by Crippen LogP contribution is 2.39.